The van der Waals surface area contributed by atoms with Gasteiger partial charge in [-0.3, -0.25) is 9.59 Å². The van der Waals surface area contributed by atoms with Gasteiger partial charge in [0.05, 0.1) is 25.1 Å². The van der Waals surface area contributed by atoms with Crippen LogP contribution < -0.4 is 11.1 Å². The number of carbonyl (C=O) groups excluding carboxylic acids is 2. The molecule has 2 heterocycles. The third-order valence-corrected chi connectivity index (χ3v) is 4.80. The van der Waals surface area contributed by atoms with Crippen LogP contribution in [0, 0.1) is 11.6 Å². The van der Waals surface area contributed by atoms with Gasteiger partial charge in [0.2, 0.25) is 0 Å². The number of hydrogen-bond donors (Lipinski definition) is 2. The van der Waals surface area contributed by atoms with E-state index in [0.29, 0.717) is 37.6 Å². The quantitative estimate of drug-likeness (QED) is 0.651. The number of rotatable bonds is 5. The summed E-state index contributed by atoms with van der Waals surface area (Å²) in [6.07, 6.45) is 1.26. The van der Waals surface area contributed by atoms with Crippen LogP contribution in [0.25, 0.3) is 5.69 Å². The molecule has 1 aliphatic heterocycles. The number of amides is 2. The van der Waals surface area contributed by atoms with Gasteiger partial charge in [-0.1, -0.05) is 12.1 Å². The van der Waals surface area contributed by atoms with E-state index in [0.717, 1.165) is 16.8 Å². The highest BCUT2D eigenvalue weighted by atomic mass is 19.1. The molecule has 3 aromatic rings. The Bertz CT molecular complexity index is 1120. The van der Waals surface area contributed by atoms with Crippen molar-refractivity contribution in [1.29, 1.82) is 0 Å². The molecule has 0 saturated carbocycles. The van der Waals surface area contributed by atoms with Crippen LogP contribution in [-0.4, -0.2) is 52.8 Å². The highest BCUT2D eigenvalue weighted by Gasteiger charge is 2.21. The Morgan fingerprint density at radius 2 is 1.74 bits per heavy atom. The Hall–Kier alpha value is -3.79. The van der Waals surface area contributed by atoms with Gasteiger partial charge < -0.3 is 20.7 Å². The maximum atomic E-state index is 14.1. The second-order valence-corrected chi connectivity index (χ2v) is 6.88. The van der Waals surface area contributed by atoms with E-state index in [2.05, 4.69) is 10.4 Å². The Labute approximate surface area is 176 Å². The van der Waals surface area contributed by atoms with Gasteiger partial charge in [-0.2, -0.15) is 5.10 Å². The number of benzene rings is 2. The fraction of sp³-hybridized carbons (Fsp3) is 0.190. The van der Waals surface area contributed by atoms with E-state index in [1.807, 2.05) is 0 Å². The lowest BCUT2D eigenvalue weighted by Gasteiger charge is -2.27. The van der Waals surface area contributed by atoms with Crippen LogP contribution in [0.4, 0.5) is 20.2 Å². The molecule has 0 atom stereocenters. The topological polar surface area (TPSA) is 102 Å². The number of aromatic nitrogens is 2. The fourth-order valence-corrected chi connectivity index (χ4v) is 3.30. The number of primary amides is 1. The van der Waals surface area contributed by atoms with Crippen molar-refractivity contribution >= 4 is 23.2 Å². The molecule has 1 aliphatic rings. The Balaban J connectivity index is 1.64. The van der Waals surface area contributed by atoms with Crippen molar-refractivity contribution in [1.82, 2.24) is 14.7 Å². The van der Waals surface area contributed by atoms with Crippen molar-refractivity contribution in [3.63, 3.8) is 0 Å². The Morgan fingerprint density at radius 3 is 2.42 bits per heavy atom. The van der Waals surface area contributed by atoms with E-state index < -0.39 is 23.2 Å². The molecule has 0 spiro atoms. The van der Waals surface area contributed by atoms with Gasteiger partial charge in [-0.25, -0.2) is 13.5 Å². The normalized spacial score (nSPS) is 13.8. The third-order valence-electron chi connectivity index (χ3n) is 4.80. The minimum absolute atomic E-state index is 0.145. The molecule has 160 valence electrons. The van der Waals surface area contributed by atoms with Crippen LogP contribution in [0.5, 0.6) is 0 Å². The molecule has 4 rings (SSSR count). The summed E-state index contributed by atoms with van der Waals surface area (Å²) >= 11 is 0. The molecular formula is C21H19F2N5O3. The number of morpholine rings is 1. The number of nitrogens with one attached hydrogen (secondary N) is 1. The van der Waals surface area contributed by atoms with Gasteiger partial charge in [-0.05, 0) is 30.3 Å². The van der Waals surface area contributed by atoms with Crippen molar-refractivity contribution in [2.45, 2.75) is 0 Å². The molecule has 0 aliphatic carbocycles. The number of nitrogens with two attached hydrogens (primary N) is 1. The van der Waals surface area contributed by atoms with Crippen LogP contribution >= 0.6 is 0 Å². The lowest BCUT2D eigenvalue weighted by Crippen LogP contribution is -2.40. The zero-order valence-corrected chi connectivity index (χ0v) is 16.3. The largest absolute Gasteiger partial charge is 0.378 e. The highest BCUT2D eigenvalue weighted by molar-refractivity contribution is 5.98. The van der Waals surface area contributed by atoms with Gasteiger partial charge in [0.25, 0.3) is 11.8 Å². The van der Waals surface area contributed by atoms with E-state index in [1.54, 1.807) is 29.2 Å². The molecule has 2 amide bonds. The van der Waals surface area contributed by atoms with Crippen LogP contribution in [0.1, 0.15) is 20.8 Å². The average molecular weight is 427 g/mol. The van der Waals surface area contributed by atoms with Crippen molar-refractivity contribution in [3.05, 3.63) is 71.6 Å². The van der Waals surface area contributed by atoms with Gasteiger partial charge >= 0.3 is 0 Å². The van der Waals surface area contributed by atoms with Gasteiger partial charge in [0, 0.05) is 24.3 Å². The number of hydrogen-bond acceptors (Lipinski definition) is 5. The molecule has 8 nitrogen and oxygen atoms in total. The van der Waals surface area contributed by atoms with Gasteiger partial charge in [0.15, 0.2) is 17.3 Å². The smallest absolute Gasteiger partial charge is 0.271 e. The van der Waals surface area contributed by atoms with E-state index >= 15 is 0 Å². The molecule has 1 aromatic heterocycles. The number of ether oxygens (including phenoxy) is 1. The summed E-state index contributed by atoms with van der Waals surface area (Å²) in [6, 6.07) is 10.0. The summed E-state index contributed by atoms with van der Waals surface area (Å²) in [4.78, 5) is 26.3. The van der Waals surface area contributed by atoms with Gasteiger partial charge in [0.1, 0.15) is 5.69 Å². The Kier molecular flexibility index (Phi) is 5.63. The predicted molar refractivity (Wildman–Crippen MR) is 108 cm³/mol. The van der Waals surface area contributed by atoms with Crippen LogP contribution in [-0.2, 0) is 4.74 Å². The first kappa shape index (κ1) is 20.5. The maximum Gasteiger partial charge on any atom is 0.271 e. The van der Waals surface area contributed by atoms with Crippen molar-refractivity contribution in [2.24, 2.45) is 5.73 Å². The van der Waals surface area contributed by atoms with Crippen molar-refractivity contribution in [2.75, 3.05) is 31.6 Å². The molecule has 0 radical (unpaired) electrons. The summed E-state index contributed by atoms with van der Waals surface area (Å²) in [5.41, 5.74) is 5.83. The van der Waals surface area contributed by atoms with Crippen molar-refractivity contribution < 1.29 is 23.1 Å². The first-order valence-corrected chi connectivity index (χ1v) is 9.52. The second-order valence-electron chi connectivity index (χ2n) is 6.88. The molecule has 10 heteroatoms. The zero-order chi connectivity index (χ0) is 22.0. The highest BCUT2D eigenvalue weighted by Crippen LogP contribution is 2.25. The molecule has 1 fully saturated rings. The summed E-state index contributed by atoms with van der Waals surface area (Å²) in [6.45, 7) is 1.97. The second kappa shape index (κ2) is 8.52. The van der Waals surface area contributed by atoms with E-state index in [1.165, 1.54) is 12.3 Å². The molecule has 0 unspecified atom stereocenters. The molecule has 2 aromatic carbocycles. The van der Waals surface area contributed by atoms with E-state index in [-0.39, 0.29) is 17.3 Å². The molecule has 0 bridgehead atoms. The number of carbonyl (C=O) groups is 2. The first-order chi connectivity index (χ1) is 14.9. The van der Waals surface area contributed by atoms with Gasteiger partial charge in [-0.15, -0.1) is 0 Å². The lowest BCUT2D eigenvalue weighted by molar-refractivity contribution is 0.0303. The monoisotopic (exact) mass is 427 g/mol. The molecule has 1 saturated heterocycles. The summed E-state index contributed by atoms with van der Waals surface area (Å²) in [5, 5.41) is 6.90. The summed E-state index contributed by atoms with van der Waals surface area (Å²) in [7, 11) is 0. The van der Waals surface area contributed by atoms with Crippen LogP contribution in [0.2, 0.25) is 0 Å². The SMILES string of the molecule is NC(=O)c1nn(-c2c(F)cccc2F)cc1Nc1cccc(C(=O)N2CCOCC2)c1. The maximum absolute atomic E-state index is 14.1. The number of nitrogens with zero attached hydrogens (tertiary/aromatic N) is 3. The summed E-state index contributed by atoms with van der Waals surface area (Å²) in [5.74, 6) is -2.71. The fourth-order valence-electron chi connectivity index (χ4n) is 3.30. The zero-order valence-electron chi connectivity index (χ0n) is 16.3. The minimum atomic E-state index is -0.876. The number of halogens is 2. The lowest BCUT2D eigenvalue weighted by atomic mass is 10.1. The molecular weight excluding hydrogens is 408 g/mol. The van der Waals surface area contributed by atoms with E-state index in [4.69, 9.17) is 10.5 Å². The number of para-hydroxylation sites is 1. The molecule has 31 heavy (non-hydrogen) atoms. The van der Waals surface area contributed by atoms with Crippen molar-refractivity contribution in [3.8, 4) is 5.69 Å². The number of anilines is 2. The van der Waals surface area contributed by atoms with Crippen LogP contribution in [0.15, 0.2) is 48.7 Å². The molecule has 3 N–H and O–H groups in total. The average Bonchev–Trinajstić information content (AvgIpc) is 3.17. The van der Waals surface area contributed by atoms with Crippen LogP contribution in [0.3, 0.4) is 0 Å². The Morgan fingerprint density at radius 1 is 1.06 bits per heavy atom. The predicted octanol–water partition coefficient (Wildman–Crippen LogP) is 2.47. The first-order valence-electron chi connectivity index (χ1n) is 9.52. The minimum Gasteiger partial charge on any atom is -0.378 e. The van der Waals surface area contributed by atoms with E-state index in [9.17, 15) is 18.4 Å². The standard InChI is InChI=1S/C21H19F2N5O3/c22-15-5-2-6-16(23)19(15)28-12-17(18(26-28)20(24)29)25-14-4-1-3-13(11-14)21(30)27-7-9-31-10-8-27/h1-6,11-12,25H,7-10H2,(H2,24,29). The summed E-state index contributed by atoms with van der Waals surface area (Å²) < 4.78 is 34.4. The third kappa shape index (κ3) is 4.24.